The largest absolute Gasteiger partial charge is 0.508 e. The average molecular weight is 301 g/mol. The normalized spacial score (nSPS) is 15.3. The van der Waals surface area contributed by atoms with Crippen LogP contribution in [0.25, 0.3) is 0 Å². The Morgan fingerprint density at radius 1 is 1.19 bits per heavy atom. The average Bonchev–Trinajstić information content (AvgIpc) is 2.70. The van der Waals surface area contributed by atoms with Crippen molar-refractivity contribution in [3.8, 4) is 11.5 Å². The van der Waals surface area contributed by atoms with E-state index in [-0.39, 0.29) is 0 Å². The Hall–Kier alpha value is -1.65. The van der Waals surface area contributed by atoms with E-state index in [0.29, 0.717) is 5.75 Å². The number of hydrogen-bond donors (Lipinski definition) is 1. The Morgan fingerprint density at radius 3 is 2.76 bits per heavy atom. The van der Waals surface area contributed by atoms with Gasteiger partial charge in [-0.05, 0) is 41.5 Å². The van der Waals surface area contributed by atoms with Gasteiger partial charge in [0.2, 0.25) is 0 Å². The Bertz CT molecular complexity index is 613. The molecule has 110 valence electrons. The molecule has 0 saturated heterocycles. The van der Waals surface area contributed by atoms with E-state index in [1.54, 1.807) is 19.2 Å². The van der Waals surface area contributed by atoms with Crippen LogP contribution in [0.4, 0.5) is 0 Å². The summed E-state index contributed by atoms with van der Waals surface area (Å²) in [7, 11) is 1.71. The molecule has 0 unspecified atom stereocenters. The van der Waals surface area contributed by atoms with Gasteiger partial charge >= 0.3 is 0 Å². The van der Waals surface area contributed by atoms with Crippen molar-refractivity contribution in [3.63, 3.8) is 0 Å². The van der Waals surface area contributed by atoms with Gasteiger partial charge in [-0.3, -0.25) is 4.90 Å². The lowest BCUT2D eigenvalue weighted by Gasteiger charge is -2.20. The van der Waals surface area contributed by atoms with Gasteiger partial charge in [-0.15, -0.1) is 11.8 Å². The molecule has 4 heteroatoms. The number of phenols is 1. The van der Waals surface area contributed by atoms with Crippen LogP contribution < -0.4 is 4.74 Å². The molecular weight excluding hydrogens is 282 g/mol. The fourth-order valence-electron chi connectivity index (χ4n) is 2.55. The van der Waals surface area contributed by atoms with Crippen molar-refractivity contribution in [2.45, 2.75) is 18.0 Å². The van der Waals surface area contributed by atoms with E-state index in [0.717, 1.165) is 31.1 Å². The second kappa shape index (κ2) is 6.41. The van der Waals surface area contributed by atoms with E-state index >= 15 is 0 Å². The lowest BCUT2D eigenvalue weighted by atomic mass is 10.1. The van der Waals surface area contributed by atoms with Crippen LogP contribution in [0, 0.1) is 0 Å². The minimum Gasteiger partial charge on any atom is -0.508 e. The number of fused-ring (bicyclic) bond motifs is 1. The Morgan fingerprint density at radius 2 is 2.00 bits per heavy atom. The molecule has 1 aliphatic heterocycles. The van der Waals surface area contributed by atoms with Crippen LogP contribution in [0.3, 0.4) is 0 Å². The molecule has 0 bridgehead atoms. The highest BCUT2D eigenvalue weighted by molar-refractivity contribution is 7.99. The zero-order chi connectivity index (χ0) is 14.7. The van der Waals surface area contributed by atoms with Gasteiger partial charge < -0.3 is 9.84 Å². The lowest BCUT2D eigenvalue weighted by molar-refractivity contribution is 0.273. The van der Waals surface area contributed by atoms with Crippen molar-refractivity contribution in [2.75, 3.05) is 19.4 Å². The Kier molecular flexibility index (Phi) is 4.36. The van der Waals surface area contributed by atoms with Gasteiger partial charge in [0.25, 0.3) is 0 Å². The van der Waals surface area contributed by atoms with E-state index in [1.807, 2.05) is 30.0 Å². The summed E-state index contributed by atoms with van der Waals surface area (Å²) in [4.78, 5) is 3.79. The summed E-state index contributed by atoms with van der Waals surface area (Å²) in [6, 6.07) is 13.8. The fourth-order valence-corrected chi connectivity index (χ4v) is 3.59. The van der Waals surface area contributed by atoms with Crippen LogP contribution in [0.5, 0.6) is 11.5 Å². The molecule has 0 spiro atoms. The third-order valence-electron chi connectivity index (χ3n) is 3.67. The van der Waals surface area contributed by atoms with E-state index in [2.05, 4.69) is 17.0 Å². The first-order valence-electron chi connectivity index (χ1n) is 7.04. The summed E-state index contributed by atoms with van der Waals surface area (Å²) in [6.07, 6.45) is 0. The van der Waals surface area contributed by atoms with Gasteiger partial charge in [-0.1, -0.05) is 12.1 Å². The Balaban J connectivity index is 1.76. The van der Waals surface area contributed by atoms with Gasteiger partial charge in [0, 0.05) is 30.3 Å². The Labute approximate surface area is 129 Å². The maximum Gasteiger partial charge on any atom is 0.119 e. The highest BCUT2D eigenvalue weighted by atomic mass is 32.2. The third-order valence-corrected chi connectivity index (χ3v) is 4.77. The topological polar surface area (TPSA) is 32.7 Å². The molecular formula is C17H19NO2S. The van der Waals surface area contributed by atoms with Gasteiger partial charge in [0.15, 0.2) is 0 Å². The second-order valence-electron chi connectivity index (χ2n) is 5.20. The first kappa shape index (κ1) is 14.3. The second-order valence-corrected chi connectivity index (χ2v) is 6.34. The van der Waals surface area contributed by atoms with Crippen LogP contribution in [0.1, 0.15) is 11.1 Å². The molecule has 1 N–H and O–H groups in total. The van der Waals surface area contributed by atoms with Crippen molar-refractivity contribution < 1.29 is 9.84 Å². The molecule has 0 aromatic heterocycles. The maximum absolute atomic E-state index is 9.36. The van der Waals surface area contributed by atoms with Crippen molar-refractivity contribution in [1.29, 1.82) is 0 Å². The summed E-state index contributed by atoms with van der Waals surface area (Å²) in [5.74, 6) is 2.33. The number of methoxy groups -OCH3 is 1. The SMILES string of the molecule is COc1ccc2c(c1)CN(Cc1ccc(O)cc1)CCS2. The number of phenolic OH excluding ortho intramolecular Hbond substituents is 1. The van der Waals surface area contributed by atoms with Crippen molar-refractivity contribution in [3.05, 3.63) is 53.6 Å². The van der Waals surface area contributed by atoms with Gasteiger partial charge in [-0.25, -0.2) is 0 Å². The molecule has 1 aliphatic rings. The summed E-state index contributed by atoms with van der Waals surface area (Å²) in [5, 5.41) is 9.36. The maximum atomic E-state index is 9.36. The van der Waals surface area contributed by atoms with E-state index in [4.69, 9.17) is 4.74 Å². The molecule has 2 aromatic carbocycles. The predicted molar refractivity (Wildman–Crippen MR) is 85.9 cm³/mol. The first-order chi connectivity index (χ1) is 10.2. The fraction of sp³-hybridized carbons (Fsp3) is 0.294. The summed E-state index contributed by atoms with van der Waals surface area (Å²) in [5.41, 5.74) is 2.56. The summed E-state index contributed by atoms with van der Waals surface area (Å²) < 4.78 is 5.33. The van der Waals surface area contributed by atoms with Crippen LogP contribution in [0.15, 0.2) is 47.4 Å². The minimum absolute atomic E-state index is 0.320. The lowest BCUT2D eigenvalue weighted by Crippen LogP contribution is -2.24. The molecule has 0 amide bonds. The predicted octanol–water partition coefficient (Wildman–Crippen LogP) is 3.51. The summed E-state index contributed by atoms with van der Waals surface area (Å²) in [6.45, 7) is 2.89. The van der Waals surface area contributed by atoms with Crippen molar-refractivity contribution in [1.82, 2.24) is 4.90 Å². The number of thioether (sulfide) groups is 1. The quantitative estimate of drug-likeness (QED) is 0.940. The van der Waals surface area contributed by atoms with Crippen LogP contribution >= 0.6 is 11.8 Å². The number of rotatable bonds is 3. The van der Waals surface area contributed by atoms with Crippen LogP contribution in [-0.4, -0.2) is 29.4 Å². The van der Waals surface area contributed by atoms with Crippen LogP contribution in [-0.2, 0) is 13.1 Å². The molecule has 21 heavy (non-hydrogen) atoms. The van der Waals surface area contributed by atoms with E-state index in [9.17, 15) is 5.11 Å². The zero-order valence-electron chi connectivity index (χ0n) is 12.1. The van der Waals surface area contributed by atoms with E-state index in [1.165, 1.54) is 16.0 Å². The number of benzene rings is 2. The number of aromatic hydroxyl groups is 1. The molecule has 1 heterocycles. The summed E-state index contributed by atoms with van der Waals surface area (Å²) >= 11 is 1.91. The molecule has 3 rings (SSSR count). The zero-order valence-corrected chi connectivity index (χ0v) is 12.9. The monoisotopic (exact) mass is 301 g/mol. The smallest absolute Gasteiger partial charge is 0.119 e. The van der Waals surface area contributed by atoms with Gasteiger partial charge in [-0.2, -0.15) is 0 Å². The molecule has 0 aliphatic carbocycles. The van der Waals surface area contributed by atoms with Crippen LogP contribution in [0.2, 0.25) is 0 Å². The molecule has 0 atom stereocenters. The molecule has 0 fully saturated rings. The molecule has 2 aromatic rings. The highest BCUT2D eigenvalue weighted by Gasteiger charge is 2.15. The van der Waals surface area contributed by atoms with Crippen molar-refractivity contribution in [2.24, 2.45) is 0 Å². The van der Waals surface area contributed by atoms with Gasteiger partial charge in [0.1, 0.15) is 11.5 Å². The van der Waals surface area contributed by atoms with E-state index < -0.39 is 0 Å². The number of nitrogens with zero attached hydrogens (tertiary/aromatic N) is 1. The third kappa shape index (κ3) is 3.52. The van der Waals surface area contributed by atoms with Gasteiger partial charge in [0.05, 0.1) is 7.11 Å². The first-order valence-corrected chi connectivity index (χ1v) is 8.03. The number of ether oxygens (including phenoxy) is 1. The highest BCUT2D eigenvalue weighted by Crippen LogP contribution is 2.31. The molecule has 0 radical (unpaired) electrons. The van der Waals surface area contributed by atoms with Crippen molar-refractivity contribution >= 4 is 11.8 Å². The molecule has 0 saturated carbocycles. The number of hydrogen-bond acceptors (Lipinski definition) is 4. The standard InChI is InChI=1S/C17H19NO2S/c1-20-16-6-7-17-14(10-16)12-18(8-9-21-17)11-13-2-4-15(19)5-3-13/h2-7,10,19H,8-9,11-12H2,1H3. The molecule has 3 nitrogen and oxygen atoms in total. The minimum atomic E-state index is 0.320.